The maximum Gasteiger partial charge on any atom is 0.319 e. The van der Waals surface area contributed by atoms with Crippen LogP contribution in [-0.2, 0) is 4.74 Å². The van der Waals surface area contributed by atoms with Crippen LogP contribution in [0.1, 0.15) is 19.3 Å². The topological polar surface area (TPSA) is 83.0 Å². The molecule has 0 amide bonds. The van der Waals surface area contributed by atoms with Crippen LogP contribution >= 0.6 is 0 Å². The van der Waals surface area contributed by atoms with Crippen molar-refractivity contribution < 1.29 is 19.0 Å². The van der Waals surface area contributed by atoms with Crippen LogP contribution in [0.15, 0.2) is 48.5 Å². The van der Waals surface area contributed by atoms with Crippen LogP contribution in [0.5, 0.6) is 11.8 Å². The molecule has 4 heterocycles. The number of fused-ring (bicyclic) bond motifs is 4. The third-order valence-corrected chi connectivity index (χ3v) is 8.67. The number of halogens is 1. The van der Waals surface area contributed by atoms with Gasteiger partial charge in [0, 0.05) is 30.1 Å². The highest BCUT2D eigenvalue weighted by molar-refractivity contribution is 6.01. The van der Waals surface area contributed by atoms with E-state index in [4.69, 9.17) is 14.5 Å². The summed E-state index contributed by atoms with van der Waals surface area (Å²) < 4.78 is 28.6. The van der Waals surface area contributed by atoms with Crippen molar-refractivity contribution in [1.82, 2.24) is 20.2 Å². The predicted molar refractivity (Wildman–Crippen MR) is 154 cm³/mol. The number of aromatic hydroxyl groups is 1. The molecular weight excluding hydrogens is 509 g/mol. The van der Waals surface area contributed by atoms with Crippen molar-refractivity contribution in [2.45, 2.75) is 37.4 Å². The van der Waals surface area contributed by atoms with Crippen molar-refractivity contribution in [3.8, 4) is 22.9 Å². The van der Waals surface area contributed by atoms with Gasteiger partial charge in [0.25, 0.3) is 0 Å². The van der Waals surface area contributed by atoms with Gasteiger partial charge in [-0.05, 0) is 67.4 Å². The minimum Gasteiger partial charge on any atom is -0.508 e. The summed E-state index contributed by atoms with van der Waals surface area (Å²) in [5.41, 5.74) is 1.22. The van der Waals surface area contributed by atoms with Crippen LogP contribution in [0.2, 0.25) is 0 Å². The molecule has 0 saturated carbocycles. The monoisotopic (exact) mass is 543 g/mol. The number of aromatic nitrogens is 2. The number of phenolic OH excluding ortho intramolecular Hbond substituents is 1. The summed E-state index contributed by atoms with van der Waals surface area (Å²) in [7, 11) is 2.15. The lowest BCUT2D eigenvalue weighted by Gasteiger charge is -2.47. The number of phenols is 1. The van der Waals surface area contributed by atoms with Crippen LogP contribution < -0.4 is 15.0 Å². The molecule has 3 fully saturated rings. The van der Waals surface area contributed by atoms with E-state index < -0.39 is 5.82 Å². The SMILES string of the molecule is CN1CCC[C@H]1CCOc1nc(N2C3CNCC2COC3)c2ccc(-c3cc(O)cc4ccccc34)c(F)c2n1. The fourth-order valence-corrected chi connectivity index (χ4v) is 6.62. The largest absolute Gasteiger partial charge is 0.508 e. The Morgan fingerprint density at radius 1 is 1.05 bits per heavy atom. The number of piperazine rings is 1. The van der Waals surface area contributed by atoms with Crippen molar-refractivity contribution in [1.29, 1.82) is 0 Å². The van der Waals surface area contributed by atoms with Crippen LogP contribution in [0.3, 0.4) is 0 Å². The molecular formula is C31H34FN5O3. The van der Waals surface area contributed by atoms with Crippen molar-refractivity contribution in [3.63, 3.8) is 0 Å². The maximum atomic E-state index is 16.6. The summed E-state index contributed by atoms with van der Waals surface area (Å²) in [6, 6.07) is 15.5. The number of ether oxygens (including phenoxy) is 2. The van der Waals surface area contributed by atoms with Crippen LogP contribution in [0.25, 0.3) is 32.8 Å². The Morgan fingerprint density at radius 2 is 1.88 bits per heavy atom. The molecule has 4 aromatic rings. The molecule has 3 saturated heterocycles. The Hall–Kier alpha value is -3.53. The first kappa shape index (κ1) is 25.4. The first-order valence-electron chi connectivity index (χ1n) is 14.2. The summed E-state index contributed by atoms with van der Waals surface area (Å²) in [5, 5.41) is 16.3. The molecule has 3 atom stereocenters. The van der Waals surface area contributed by atoms with Gasteiger partial charge in [-0.15, -0.1) is 0 Å². The average molecular weight is 544 g/mol. The van der Waals surface area contributed by atoms with Gasteiger partial charge >= 0.3 is 6.01 Å². The minimum atomic E-state index is -0.450. The summed E-state index contributed by atoms with van der Waals surface area (Å²) in [4.78, 5) is 14.2. The molecule has 2 N–H and O–H groups in total. The van der Waals surface area contributed by atoms with Gasteiger partial charge in [0.1, 0.15) is 17.1 Å². The van der Waals surface area contributed by atoms with E-state index in [-0.39, 0.29) is 29.4 Å². The third kappa shape index (κ3) is 4.52. The molecule has 3 aliphatic heterocycles. The number of hydrogen-bond donors (Lipinski definition) is 2. The number of rotatable bonds is 6. The van der Waals surface area contributed by atoms with Gasteiger partial charge in [-0.2, -0.15) is 9.97 Å². The number of likely N-dealkylation sites (tertiary alicyclic amines) is 1. The van der Waals surface area contributed by atoms with Gasteiger partial charge in [0.05, 0.1) is 31.9 Å². The van der Waals surface area contributed by atoms with E-state index in [1.165, 1.54) is 6.42 Å². The maximum absolute atomic E-state index is 16.6. The van der Waals surface area contributed by atoms with E-state index in [1.54, 1.807) is 18.2 Å². The minimum absolute atomic E-state index is 0.0864. The first-order valence-corrected chi connectivity index (χ1v) is 14.2. The lowest BCUT2D eigenvalue weighted by molar-refractivity contribution is 0.0523. The zero-order valence-electron chi connectivity index (χ0n) is 22.6. The Morgan fingerprint density at radius 3 is 2.67 bits per heavy atom. The second-order valence-electron chi connectivity index (χ2n) is 11.2. The van der Waals surface area contributed by atoms with E-state index >= 15 is 4.39 Å². The Labute approximate surface area is 232 Å². The number of benzene rings is 3. The molecule has 2 unspecified atom stereocenters. The molecule has 2 bridgehead atoms. The lowest BCUT2D eigenvalue weighted by atomic mass is 9.96. The molecule has 1 aromatic heterocycles. The van der Waals surface area contributed by atoms with Crippen molar-refractivity contribution in [2.75, 3.05) is 51.4 Å². The molecule has 0 radical (unpaired) electrons. The molecule has 3 aromatic carbocycles. The van der Waals surface area contributed by atoms with Crippen LogP contribution in [-0.4, -0.2) is 84.6 Å². The van der Waals surface area contributed by atoms with Crippen molar-refractivity contribution in [2.24, 2.45) is 0 Å². The normalized spacial score (nSPS) is 23.2. The van der Waals surface area contributed by atoms with Crippen molar-refractivity contribution >= 4 is 27.5 Å². The predicted octanol–water partition coefficient (Wildman–Crippen LogP) is 4.33. The van der Waals surface area contributed by atoms with E-state index in [2.05, 4.69) is 27.1 Å². The van der Waals surface area contributed by atoms with Crippen LogP contribution in [0.4, 0.5) is 10.2 Å². The van der Waals surface area contributed by atoms with E-state index in [1.807, 2.05) is 30.3 Å². The van der Waals surface area contributed by atoms with Gasteiger partial charge in [0.15, 0.2) is 5.82 Å². The molecule has 208 valence electrons. The highest BCUT2D eigenvalue weighted by atomic mass is 19.1. The Kier molecular flexibility index (Phi) is 6.65. The lowest BCUT2D eigenvalue weighted by Crippen LogP contribution is -2.64. The summed E-state index contributed by atoms with van der Waals surface area (Å²) in [6.07, 6.45) is 3.23. The van der Waals surface area contributed by atoms with Gasteiger partial charge < -0.3 is 29.7 Å². The van der Waals surface area contributed by atoms with E-state index in [0.29, 0.717) is 48.2 Å². The second kappa shape index (κ2) is 10.5. The Balaban J connectivity index is 1.34. The van der Waals surface area contributed by atoms with Gasteiger partial charge in [-0.1, -0.05) is 30.3 Å². The number of morpholine rings is 1. The highest BCUT2D eigenvalue weighted by Gasteiger charge is 2.37. The van der Waals surface area contributed by atoms with Gasteiger partial charge in [-0.25, -0.2) is 4.39 Å². The van der Waals surface area contributed by atoms with Crippen molar-refractivity contribution in [3.05, 3.63) is 54.3 Å². The highest BCUT2D eigenvalue weighted by Crippen LogP contribution is 2.39. The molecule has 0 spiro atoms. The quantitative estimate of drug-likeness (QED) is 0.372. The number of hydrogen-bond acceptors (Lipinski definition) is 8. The van der Waals surface area contributed by atoms with E-state index in [9.17, 15) is 5.11 Å². The molecule has 9 heteroatoms. The summed E-state index contributed by atoms with van der Waals surface area (Å²) in [6.45, 7) is 4.26. The smallest absolute Gasteiger partial charge is 0.319 e. The van der Waals surface area contributed by atoms with E-state index in [0.717, 1.165) is 43.2 Å². The molecule has 0 aliphatic carbocycles. The van der Waals surface area contributed by atoms with Gasteiger partial charge in [0.2, 0.25) is 0 Å². The fraction of sp³-hybridized carbons (Fsp3) is 0.419. The zero-order valence-corrected chi connectivity index (χ0v) is 22.6. The second-order valence-corrected chi connectivity index (χ2v) is 11.2. The third-order valence-electron chi connectivity index (χ3n) is 8.67. The zero-order chi connectivity index (χ0) is 27.2. The number of anilines is 1. The fourth-order valence-electron chi connectivity index (χ4n) is 6.62. The molecule has 3 aliphatic rings. The summed E-state index contributed by atoms with van der Waals surface area (Å²) >= 11 is 0. The molecule has 8 nitrogen and oxygen atoms in total. The number of nitrogens with zero attached hydrogens (tertiary/aromatic N) is 4. The summed E-state index contributed by atoms with van der Waals surface area (Å²) in [5.74, 6) is 0.323. The Bertz CT molecular complexity index is 1540. The molecule has 7 rings (SSSR count). The van der Waals surface area contributed by atoms with Crippen LogP contribution in [0, 0.1) is 5.82 Å². The van der Waals surface area contributed by atoms with Gasteiger partial charge in [-0.3, -0.25) is 0 Å². The number of nitrogens with one attached hydrogen (secondary N) is 1. The standard InChI is InChI=1S/C31H34FN5O3/c1-36-11-4-6-20(36)10-12-40-31-34-29-26(30(35-31)37-21-15-33-16-22(37)18-39-17-21)9-8-25(28(29)32)27-14-23(38)13-19-5-2-3-7-24(19)27/h2-3,5,7-9,13-14,20-22,33,38H,4,6,10-12,15-18H2,1H3/t20-,21?,22?/m0/s1. The molecule has 40 heavy (non-hydrogen) atoms. The average Bonchev–Trinajstić information content (AvgIpc) is 3.36. The first-order chi connectivity index (χ1) is 19.6.